The Kier molecular flexibility index (Phi) is 3.61. The van der Waals surface area contributed by atoms with E-state index in [0.717, 1.165) is 36.3 Å². The van der Waals surface area contributed by atoms with Gasteiger partial charge in [-0.05, 0) is 38.3 Å². The lowest BCUT2D eigenvalue weighted by Gasteiger charge is -2.41. The molecule has 1 heterocycles. The standard InChI is InChI=1S/C16H23NO3/c1-11-6-12-7-14(19-2)13(8-15(12)20-11)9-17-16(10-18)4-3-5-16/h7-8,11,17-18H,3-6,9-10H2,1-2H3. The van der Waals surface area contributed by atoms with Crippen molar-refractivity contribution in [3.8, 4) is 11.5 Å². The zero-order chi connectivity index (χ0) is 14.2. The number of hydrogen-bond donors (Lipinski definition) is 2. The largest absolute Gasteiger partial charge is 0.496 e. The van der Waals surface area contributed by atoms with E-state index in [-0.39, 0.29) is 18.2 Å². The van der Waals surface area contributed by atoms with Crippen LogP contribution in [0.25, 0.3) is 0 Å². The molecule has 20 heavy (non-hydrogen) atoms. The molecule has 1 unspecified atom stereocenters. The fourth-order valence-corrected chi connectivity index (χ4v) is 3.09. The second-order valence-electron chi connectivity index (χ2n) is 6.05. The number of aliphatic hydroxyl groups excluding tert-OH is 1. The number of nitrogens with one attached hydrogen (secondary N) is 1. The minimum Gasteiger partial charge on any atom is -0.496 e. The molecule has 1 fully saturated rings. The van der Waals surface area contributed by atoms with Crippen molar-refractivity contribution in [3.63, 3.8) is 0 Å². The molecule has 1 aliphatic heterocycles. The van der Waals surface area contributed by atoms with Gasteiger partial charge in [0.15, 0.2) is 0 Å². The molecule has 1 aromatic rings. The average molecular weight is 277 g/mol. The maximum absolute atomic E-state index is 9.51. The van der Waals surface area contributed by atoms with Gasteiger partial charge in [0.1, 0.15) is 17.6 Å². The summed E-state index contributed by atoms with van der Waals surface area (Å²) in [5, 5.41) is 13.0. The molecule has 2 N–H and O–H groups in total. The molecule has 4 heteroatoms. The number of fused-ring (bicyclic) bond motifs is 1. The van der Waals surface area contributed by atoms with Crippen molar-refractivity contribution in [1.29, 1.82) is 0 Å². The van der Waals surface area contributed by atoms with Crippen molar-refractivity contribution in [2.75, 3.05) is 13.7 Å². The third-order valence-electron chi connectivity index (χ3n) is 4.57. The Morgan fingerprint density at radius 1 is 1.45 bits per heavy atom. The highest BCUT2D eigenvalue weighted by molar-refractivity contribution is 5.48. The summed E-state index contributed by atoms with van der Waals surface area (Å²) in [4.78, 5) is 0. The van der Waals surface area contributed by atoms with E-state index >= 15 is 0 Å². The number of benzene rings is 1. The van der Waals surface area contributed by atoms with E-state index in [2.05, 4.69) is 24.4 Å². The SMILES string of the molecule is COc1cc2c(cc1CNC1(CO)CCC1)OC(C)C2. The first-order chi connectivity index (χ1) is 9.65. The van der Waals surface area contributed by atoms with Crippen LogP contribution in [0, 0.1) is 0 Å². The van der Waals surface area contributed by atoms with Gasteiger partial charge in [0.25, 0.3) is 0 Å². The highest BCUT2D eigenvalue weighted by Gasteiger charge is 2.35. The minimum atomic E-state index is -0.0851. The van der Waals surface area contributed by atoms with Crippen LogP contribution < -0.4 is 14.8 Å². The van der Waals surface area contributed by atoms with E-state index in [4.69, 9.17) is 9.47 Å². The summed E-state index contributed by atoms with van der Waals surface area (Å²) in [6.45, 7) is 2.99. The third-order valence-corrected chi connectivity index (χ3v) is 4.57. The molecular weight excluding hydrogens is 254 g/mol. The van der Waals surface area contributed by atoms with Gasteiger partial charge in [-0.25, -0.2) is 0 Å². The number of ether oxygens (including phenoxy) is 2. The maximum atomic E-state index is 9.51. The van der Waals surface area contributed by atoms with Gasteiger partial charge in [-0.1, -0.05) is 0 Å². The van der Waals surface area contributed by atoms with Crippen LogP contribution >= 0.6 is 0 Å². The Bertz CT molecular complexity index is 491. The zero-order valence-electron chi connectivity index (χ0n) is 12.2. The smallest absolute Gasteiger partial charge is 0.123 e. The lowest BCUT2D eigenvalue weighted by Crippen LogP contribution is -2.53. The maximum Gasteiger partial charge on any atom is 0.123 e. The van der Waals surface area contributed by atoms with E-state index in [1.165, 1.54) is 12.0 Å². The number of hydrogen-bond acceptors (Lipinski definition) is 4. The summed E-state index contributed by atoms with van der Waals surface area (Å²) < 4.78 is 11.3. The Balaban J connectivity index is 1.77. The van der Waals surface area contributed by atoms with Crippen LogP contribution in [0.2, 0.25) is 0 Å². The van der Waals surface area contributed by atoms with E-state index in [0.29, 0.717) is 6.54 Å². The van der Waals surface area contributed by atoms with Crippen molar-refractivity contribution in [3.05, 3.63) is 23.3 Å². The molecule has 1 saturated carbocycles. The Morgan fingerprint density at radius 2 is 2.25 bits per heavy atom. The molecule has 4 nitrogen and oxygen atoms in total. The monoisotopic (exact) mass is 277 g/mol. The molecule has 0 bridgehead atoms. The van der Waals surface area contributed by atoms with Crippen molar-refractivity contribution in [2.45, 2.75) is 50.8 Å². The van der Waals surface area contributed by atoms with Gasteiger partial charge in [0.2, 0.25) is 0 Å². The molecular formula is C16H23NO3. The van der Waals surface area contributed by atoms with Crippen molar-refractivity contribution >= 4 is 0 Å². The molecule has 0 spiro atoms. The summed E-state index contributed by atoms with van der Waals surface area (Å²) in [7, 11) is 1.70. The van der Waals surface area contributed by atoms with Gasteiger partial charge in [-0.15, -0.1) is 0 Å². The highest BCUT2D eigenvalue weighted by atomic mass is 16.5. The van der Waals surface area contributed by atoms with Gasteiger partial charge < -0.3 is 19.9 Å². The van der Waals surface area contributed by atoms with Crippen LogP contribution in [-0.2, 0) is 13.0 Å². The van der Waals surface area contributed by atoms with Crippen LogP contribution in [0.1, 0.15) is 37.3 Å². The minimum absolute atomic E-state index is 0.0851. The van der Waals surface area contributed by atoms with Crippen LogP contribution in [0.15, 0.2) is 12.1 Å². The van der Waals surface area contributed by atoms with E-state index in [9.17, 15) is 5.11 Å². The van der Waals surface area contributed by atoms with E-state index < -0.39 is 0 Å². The predicted molar refractivity (Wildman–Crippen MR) is 77.3 cm³/mol. The van der Waals surface area contributed by atoms with Crippen LogP contribution in [-0.4, -0.2) is 30.5 Å². The van der Waals surface area contributed by atoms with Gasteiger partial charge in [0.05, 0.1) is 13.7 Å². The summed E-state index contributed by atoms with van der Waals surface area (Å²) in [5.41, 5.74) is 2.23. The van der Waals surface area contributed by atoms with E-state index in [1.54, 1.807) is 7.11 Å². The first kappa shape index (κ1) is 13.7. The fraction of sp³-hybridized carbons (Fsp3) is 0.625. The summed E-state index contributed by atoms with van der Waals surface area (Å²) >= 11 is 0. The second-order valence-corrected chi connectivity index (χ2v) is 6.05. The van der Waals surface area contributed by atoms with Crippen LogP contribution in [0.4, 0.5) is 0 Å². The Labute approximate surface area is 120 Å². The molecule has 0 aromatic heterocycles. The molecule has 2 aliphatic rings. The number of methoxy groups -OCH3 is 1. The highest BCUT2D eigenvalue weighted by Crippen LogP contribution is 2.36. The molecule has 0 amide bonds. The molecule has 1 aromatic carbocycles. The van der Waals surface area contributed by atoms with Crippen molar-refractivity contribution in [1.82, 2.24) is 5.32 Å². The van der Waals surface area contributed by atoms with Gasteiger partial charge in [-0.2, -0.15) is 0 Å². The first-order valence-corrected chi connectivity index (χ1v) is 7.38. The van der Waals surface area contributed by atoms with Crippen molar-refractivity contribution in [2.24, 2.45) is 0 Å². The first-order valence-electron chi connectivity index (χ1n) is 7.38. The molecule has 110 valence electrons. The van der Waals surface area contributed by atoms with Crippen molar-refractivity contribution < 1.29 is 14.6 Å². The zero-order valence-corrected chi connectivity index (χ0v) is 12.2. The van der Waals surface area contributed by atoms with Crippen LogP contribution in [0.5, 0.6) is 11.5 Å². The van der Waals surface area contributed by atoms with Gasteiger partial charge in [0, 0.05) is 29.6 Å². The Morgan fingerprint density at radius 3 is 2.85 bits per heavy atom. The lowest BCUT2D eigenvalue weighted by molar-refractivity contribution is 0.0869. The number of aliphatic hydroxyl groups is 1. The lowest BCUT2D eigenvalue weighted by atomic mass is 9.77. The second kappa shape index (κ2) is 5.26. The molecule has 1 aliphatic carbocycles. The summed E-state index contributed by atoms with van der Waals surface area (Å²) in [5.74, 6) is 1.88. The summed E-state index contributed by atoms with van der Waals surface area (Å²) in [6, 6.07) is 4.16. The Hall–Kier alpha value is -1.26. The predicted octanol–water partition coefficient (Wildman–Crippen LogP) is 2.02. The molecule has 0 saturated heterocycles. The number of rotatable bonds is 5. The molecule has 0 radical (unpaired) electrons. The third kappa shape index (κ3) is 2.38. The normalized spacial score (nSPS) is 22.9. The van der Waals surface area contributed by atoms with Crippen LogP contribution in [0.3, 0.4) is 0 Å². The fourth-order valence-electron chi connectivity index (χ4n) is 3.09. The molecule has 1 atom stereocenters. The molecule has 3 rings (SSSR count). The van der Waals surface area contributed by atoms with Gasteiger partial charge >= 0.3 is 0 Å². The van der Waals surface area contributed by atoms with E-state index in [1.807, 2.05) is 0 Å². The topological polar surface area (TPSA) is 50.7 Å². The van der Waals surface area contributed by atoms with Gasteiger partial charge in [-0.3, -0.25) is 0 Å². The quantitative estimate of drug-likeness (QED) is 0.864. The summed E-state index contributed by atoms with van der Waals surface area (Å²) in [6.07, 6.45) is 4.47. The average Bonchev–Trinajstić information content (AvgIpc) is 2.76.